The Balaban J connectivity index is 1.66. The monoisotopic (exact) mass is 591 g/mol. The van der Waals surface area contributed by atoms with Crippen LogP contribution in [0.1, 0.15) is 50.5 Å². The highest BCUT2D eigenvalue weighted by Gasteiger charge is 2.62. The number of rotatable bonds is 6. The van der Waals surface area contributed by atoms with Crippen LogP contribution in [0.4, 0.5) is 13.2 Å². The van der Waals surface area contributed by atoms with Crippen LogP contribution in [0.5, 0.6) is 0 Å². The Morgan fingerprint density at radius 2 is 1.78 bits per heavy atom. The number of hydrogen-bond acceptors (Lipinski definition) is 5. The van der Waals surface area contributed by atoms with E-state index in [1.165, 1.54) is 0 Å². The number of nitrogens with one attached hydrogen (secondary N) is 2. The van der Waals surface area contributed by atoms with Gasteiger partial charge in [-0.05, 0) is 48.9 Å². The average molecular weight is 593 g/mol. The molecule has 1 aromatic carbocycles. The number of benzene rings is 1. The standard InChI is InChI=1S/C24H19Cl3F3N3O3S/c1-2-7-31-18(34)11-32-22(35)21-14-6-4-3-5-13(14)20(37-21)17-10-23(36-33-17,24(28,29)30)12-8-15(25)19(27)16(26)9-12/h1,8-9H,3-7,10-11H2,(H,31,34)(H,32,35)/t23-/m1/s1. The summed E-state index contributed by atoms with van der Waals surface area (Å²) in [5.41, 5.74) is -1.58. The van der Waals surface area contributed by atoms with Crippen molar-refractivity contribution in [2.24, 2.45) is 5.16 Å². The van der Waals surface area contributed by atoms with E-state index in [9.17, 15) is 22.8 Å². The summed E-state index contributed by atoms with van der Waals surface area (Å²) in [6.45, 7) is -0.264. The van der Waals surface area contributed by atoms with Gasteiger partial charge in [0.15, 0.2) is 0 Å². The Kier molecular flexibility index (Phi) is 8.00. The average Bonchev–Trinajstić information content (AvgIpc) is 3.47. The van der Waals surface area contributed by atoms with Gasteiger partial charge in [-0.25, -0.2) is 0 Å². The SMILES string of the molecule is C#CCNC(=O)CNC(=O)c1sc(C2=NO[C@](c3cc(Cl)c(Cl)c(Cl)c3)(C(F)(F)F)C2)c2c1CCCC2. The molecule has 0 saturated heterocycles. The molecule has 0 saturated carbocycles. The lowest BCUT2D eigenvalue weighted by atomic mass is 9.85. The van der Waals surface area contributed by atoms with Gasteiger partial charge < -0.3 is 15.5 Å². The quantitative estimate of drug-likeness (QED) is 0.336. The van der Waals surface area contributed by atoms with Gasteiger partial charge in [0.1, 0.15) is 5.71 Å². The highest BCUT2D eigenvalue weighted by molar-refractivity contribution is 7.16. The number of carbonyl (C=O) groups excluding carboxylic acids is 2. The number of hydrogen-bond donors (Lipinski definition) is 2. The predicted octanol–water partition coefficient (Wildman–Crippen LogP) is 5.65. The van der Waals surface area contributed by atoms with E-state index in [1.807, 2.05) is 0 Å². The molecule has 0 unspecified atom stereocenters. The number of nitrogens with zero attached hydrogens (tertiary/aromatic N) is 1. The number of alkyl halides is 3. The molecule has 0 radical (unpaired) electrons. The first-order valence-corrected chi connectivity index (χ1v) is 13.0. The summed E-state index contributed by atoms with van der Waals surface area (Å²) in [5.74, 6) is 1.31. The number of oxime groups is 1. The third-order valence-electron chi connectivity index (χ3n) is 6.12. The molecule has 1 atom stereocenters. The van der Waals surface area contributed by atoms with Crippen LogP contribution in [-0.4, -0.2) is 36.8 Å². The maximum absolute atomic E-state index is 14.5. The van der Waals surface area contributed by atoms with Crippen LogP contribution >= 0.6 is 46.1 Å². The van der Waals surface area contributed by atoms with Gasteiger partial charge in [0, 0.05) is 5.56 Å². The van der Waals surface area contributed by atoms with Crippen LogP contribution in [0, 0.1) is 12.3 Å². The van der Waals surface area contributed by atoms with Crippen molar-refractivity contribution in [1.29, 1.82) is 0 Å². The lowest BCUT2D eigenvalue weighted by molar-refractivity contribution is -0.275. The fourth-order valence-corrected chi connectivity index (χ4v) is 6.20. The topological polar surface area (TPSA) is 79.8 Å². The highest BCUT2D eigenvalue weighted by Crippen LogP contribution is 2.51. The number of amides is 2. The van der Waals surface area contributed by atoms with E-state index in [-0.39, 0.29) is 39.4 Å². The van der Waals surface area contributed by atoms with Crippen molar-refractivity contribution < 1.29 is 27.6 Å². The molecule has 1 aromatic heterocycles. The molecule has 2 amide bonds. The molecule has 1 aliphatic carbocycles. The molecule has 2 aliphatic rings. The Bertz CT molecular complexity index is 1310. The first kappa shape index (κ1) is 27.6. The molecule has 2 heterocycles. The molecule has 196 valence electrons. The van der Waals surface area contributed by atoms with E-state index in [4.69, 9.17) is 46.1 Å². The van der Waals surface area contributed by atoms with Gasteiger partial charge in [-0.3, -0.25) is 9.59 Å². The van der Waals surface area contributed by atoms with E-state index in [0.717, 1.165) is 47.4 Å². The largest absolute Gasteiger partial charge is 0.435 e. The van der Waals surface area contributed by atoms with Gasteiger partial charge >= 0.3 is 6.18 Å². The van der Waals surface area contributed by atoms with Gasteiger partial charge in [0.25, 0.3) is 11.5 Å². The molecule has 37 heavy (non-hydrogen) atoms. The summed E-state index contributed by atoms with van der Waals surface area (Å²) < 4.78 is 43.4. The van der Waals surface area contributed by atoms with E-state index in [1.54, 1.807) is 0 Å². The van der Waals surface area contributed by atoms with Gasteiger partial charge in [-0.1, -0.05) is 45.9 Å². The van der Waals surface area contributed by atoms with Crippen LogP contribution < -0.4 is 10.6 Å². The molecule has 0 spiro atoms. The van der Waals surface area contributed by atoms with Gasteiger partial charge in [0.05, 0.1) is 44.3 Å². The minimum Gasteiger partial charge on any atom is -0.374 e. The molecule has 0 fully saturated rings. The van der Waals surface area contributed by atoms with Crippen LogP contribution in [0.3, 0.4) is 0 Å². The second-order valence-corrected chi connectivity index (χ2v) is 10.7. The minimum atomic E-state index is -4.87. The number of carbonyl (C=O) groups is 2. The zero-order valence-electron chi connectivity index (χ0n) is 19.0. The van der Waals surface area contributed by atoms with Crippen molar-refractivity contribution in [2.45, 2.75) is 43.9 Å². The van der Waals surface area contributed by atoms with Crippen LogP contribution in [0.15, 0.2) is 17.3 Å². The van der Waals surface area contributed by atoms with Crippen molar-refractivity contribution >= 4 is 63.7 Å². The number of terminal acetylenes is 1. The molecule has 2 N–H and O–H groups in total. The van der Waals surface area contributed by atoms with Gasteiger partial charge in [-0.2, -0.15) is 13.2 Å². The maximum Gasteiger partial charge on any atom is 0.435 e. The molecular weight excluding hydrogens is 574 g/mol. The third-order valence-corrected chi connectivity index (χ3v) is 8.64. The fraction of sp³-hybridized carbons (Fsp3) is 0.375. The molecule has 2 aromatic rings. The van der Waals surface area contributed by atoms with Crippen molar-refractivity contribution in [2.75, 3.05) is 13.1 Å². The summed E-state index contributed by atoms with van der Waals surface area (Å²) in [4.78, 5) is 30.7. The molecule has 1 aliphatic heterocycles. The normalized spacial score (nSPS) is 18.9. The highest BCUT2D eigenvalue weighted by atomic mass is 35.5. The third kappa shape index (κ3) is 5.28. The summed E-state index contributed by atoms with van der Waals surface area (Å²) in [6.07, 6.45) is 2.38. The summed E-state index contributed by atoms with van der Waals surface area (Å²) >= 11 is 19.0. The van der Waals surface area contributed by atoms with Crippen molar-refractivity contribution in [3.63, 3.8) is 0 Å². The zero-order chi connectivity index (χ0) is 27.0. The second-order valence-electron chi connectivity index (χ2n) is 8.47. The maximum atomic E-state index is 14.5. The molecule has 0 bridgehead atoms. The van der Waals surface area contributed by atoms with Crippen molar-refractivity contribution in [1.82, 2.24) is 10.6 Å². The smallest absolute Gasteiger partial charge is 0.374 e. The Hall–Kier alpha value is -2.45. The van der Waals surface area contributed by atoms with Crippen LogP contribution in [-0.2, 0) is 28.1 Å². The minimum absolute atomic E-state index is 0.0259. The first-order chi connectivity index (χ1) is 17.5. The van der Waals surface area contributed by atoms with E-state index >= 15 is 0 Å². The van der Waals surface area contributed by atoms with Crippen LogP contribution in [0.25, 0.3) is 0 Å². The van der Waals surface area contributed by atoms with Crippen molar-refractivity contribution in [3.05, 3.63) is 53.6 Å². The summed E-state index contributed by atoms with van der Waals surface area (Å²) in [7, 11) is 0. The summed E-state index contributed by atoms with van der Waals surface area (Å²) in [5, 5.41) is 8.47. The Morgan fingerprint density at radius 1 is 1.14 bits per heavy atom. The lowest BCUT2D eigenvalue weighted by Gasteiger charge is -2.30. The molecule has 4 rings (SSSR count). The number of thiophene rings is 1. The number of fused-ring (bicyclic) bond motifs is 1. The van der Waals surface area contributed by atoms with Crippen molar-refractivity contribution in [3.8, 4) is 12.3 Å². The van der Waals surface area contributed by atoms with Gasteiger partial charge in [0.2, 0.25) is 5.91 Å². The van der Waals surface area contributed by atoms with Gasteiger partial charge in [-0.15, -0.1) is 17.8 Å². The molecule has 6 nitrogen and oxygen atoms in total. The van der Waals surface area contributed by atoms with E-state index in [0.29, 0.717) is 22.6 Å². The first-order valence-electron chi connectivity index (χ1n) is 11.1. The predicted molar refractivity (Wildman–Crippen MR) is 137 cm³/mol. The summed E-state index contributed by atoms with van der Waals surface area (Å²) in [6, 6.07) is 2.13. The zero-order valence-corrected chi connectivity index (χ0v) is 22.1. The lowest BCUT2D eigenvalue weighted by Crippen LogP contribution is -2.42. The second kappa shape index (κ2) is 10.7. The number of halogens is 6. The Morgan fingerprint density at radius 3 is 2.41 bits per heavy atom. The van der Waals surface area contributed by atoms with E-state index < -0.39 is 30.0 Å². The van der Waals surface area contributed by atoms with E-state index in [2.05, 4.69) is 21.7 Å². The fourth-order valence-electron chi connectivity index (χ4n) is 4.32. The molecular formula is C24H19Cl3F3N3O3S. The molecule has 13 heteroatoms. The Labute approximate surface area is 229 Å². The van der Waals surface area contributed by atoms with Crippen LogP contribution in [0.2, 0.25) is 15.1 Å².